The van der Waals surface area contributed by atoms with E-state index in [1.54, 1.807) is 20.0 Å². The number of hydrogen-bond donors (Lipinski definition) is 1. The third-order valence-corrected chi connectivity index (χ3v) is 6.86. The van der Waals surface area contributed by atoms with E-state index in [-0.39, 0.29) is 19.1 Å². The Morgan fingerprint density at radius 2 is 1.90 bits per heavy atom. The second kappa shape index (κ2) is 8.52. The third-order valence-electron chi connectivity index (χ3n) is 5.67. The smallest absolute Gasteiger partial charge is 0.341 e. The summed E-state index contributed by atoms with van der Waals surface area (Å²) in [5.41, 5.74) is -0.522. The average Bonchev–Trinajstić information content (AvgIpc) is 3.19. The monoisotopic (exact) mass is 421 g/mol. The molecule has 0 aromatic carbocycles. The van der Waals surface area contributed by atoms with Gasteiger partial charge < -0.3 is 15.0 Å². The standard InChI is InChI=1S/C20H27N3O5S/c1-4-13-11-14(17(25)28-5-2)16(29-13)21-15(24)12-23-18(26)20(22(3)19(23)27)9-7-6-8-10-20/h11H,4-10,12H2,1-3H3,(H,21,24). The van der Waals surface area contributed by atoms with Crippen LogP contribution < -0.4 is 5.32 Å². The van der Waals surface area contributed by atoms with Crippen LogP contribution in [0.25, 0.3) is 0 Å². The Balaban J connectivity index is 1.74. The largest absolute Gasteiger partial charge is 0.462 e. The topological polar surface area (TPSA) is 96.0 Å². The number of carbonyl (C=O) groups excluding carboxylic acids is 4. The molecule has 1 aromatic rings. The van der Waals surface area contributed by atoms with Gasteiger partial charge >= 0.3 is 12.0 Å². The first kappa shape index (κ1) is 21.3. The summed E-state index contributed by atoms with van der Waals surface area (Å²) in [4.78, 5) is 54.0. The summed E-state index contributed by atoms with van der Waals surface area (Å²) in [6, 6.07) is 1.26. The van der Waals surface area contributed by atoms with Gasteiger partial charge in [0.05, 0.1) is 12.2 Å². The van der Waals surface area contributed by atoms with Gasteiger partial charge in [-0.25, -0.2) is 9.59 Å². The van der Waals surface area contributed by atoms with E-state index < -0.39 is 23.4 Å². The fourth-order valence-corrected chi connectivity index (χ4v) is 5.05. The predicted octanol–water partition coefficient (Wildman–Crippen LogP) is 3.02. The number of carbonyl (C=O) groups is 4. The van der Waals surface area contributed by atoms with Gasteiger partial charge in [0.1, 0.15) is 17.1 Å². The van der Waals surface area contributed by atoms with Crippen molar-refractivity contribution >= 4 is 40.2 Å². The van der Waals surface area contributed by atoms with Crippen molar-refractivity contribution in [3.63, 3.8) is 0 Å². The maximum absolute atomic E-state index is 13.0. The molecule has 3 rings (SSSR count). The highest BCUT2D eigenvalue weighted by Crippen LogP contribution is 2.39. The molecule has 9 heteroatoms. The van der Waals surface area contributed by atoms with Crippen molar-refractivity contribution < 1.29 is 23.9 Å². The van der Waals surface area contributed by atoms with E-state index >= 15 is 0 Å². The van der Waals surface area contributed by atoms with Crippen LogP contribution in [-0.4, -0.2) is 59.4 Å². The number of anilines is 1. The lowest BCUT2D eigenvalue weighted by atomic mass is 9.81. The molecule has 1 aromatic heterocycles. The van der Waals surface area contributed by atoms with Gasteiger partial charge in [-0.05, 0) is 32.3 Å². The molecule has 2 heterocycles. The van der Waals surface area contributed by atoms with Crippen LogP contribution in [0.2, 0.25) is 0 Å². The molecule has 2 aliphatic rings. The minimum Gasteiger partial charge on any atom is -0.462 e. The molecular weight excluding hydrogens is 394 g/mol. The van der Waals surface area contributed by atoms with Gasteiger partial charge in [-0.1, -0.05) is 26.2 Å². The molecule has 0 unspecified atom stereocenters. The lowest BCUT2D eigenvalue weighted by Crippen LogP contribution is -2.49. The number of thiophene rings is 1. The van der Waals surface area contributed by atoms with E-state index in [0.717, 1.165) is 29.0 Å². The maximum atomic E-state index is 13.0. The van der Waals surface area contributed by atoms with E-state index in [2.05, 4.69) is 5.32 Å². The zero-order chi connectivity index (χ0) is 21.2. The van der Waals surface area contributed by atoms with Crippen LogP contribution in [0.3, 0.4) is 0 Å². The molecule has 8 nitrogen and oxygen atoms in total. The normalized spacial score (nSPS) is 18.4. The first-order valence-electron chi connectivity index (χ1n) is 10.0. The summed E-state index contributed by atoms with van der Waals surface area (Å²) in [6.45, 7) is 3.53. The number of hydrogen-bond acceptors (Lipinski definition) is 6. The number of rotatable bonds is 6. The van der Waals surface area contributed by atoms with E-state index in [1.165, 1.54) is 16.2 Å². The highest BCUT2D eigenvalue weighted by molar-refractivity contribution is 7.16. The summed E-state index contributed by atoms with van der Waals surface area (Å²) in [6.07, 6.45) is 4.80. The molecule has 2 fully saturated rings. The van der Waals surface area contributed by atoms with Crippen LogP contribution in [0, 0.1) is 0 Å². The number of aryl methyl sites for hydroxylation is 1. The SMILES string of the molecule is CCOC(=O)c1cc(CC)sc1NC(=O)CN1C(=O)N(C)C2(CCCCC2)C1=O. The quantitative estimate of drug-likeness (QED) is 0.563. The molecule has 0 radical (unpaired) electrons. The number of amides is 4. The first-order valence-corrected chi connectivity index (χ1v) is 10.8. The van der Waals surface area contributed by atoms with Gasteiger partial charge in [0.15, 0.2) is 0 Å². The van der Waals surface area contributed by atoms with Crippen molar-refractivity contribution in [1.29, 1.82) is 0 Å². The molecule has 0 bridgehead atoms. The maximum Gasteiger partial charge on any atom is 0.341 e. The van der Waals surface area contributed by atoms with Gasteiger partial charge in [0.2, 0.25) is 5.91 Å². The minimum absolute atomic E-state index is 0.231. The number of imide groups is 1. The molecule has 1 saturated carbocycles. The van der Waals surface area contributed by atoms with Gasteiger partial charge in [0.25, 0.3) is 5.91 Å². The number of esters is 1. The lowest BCUT2D eigenvalue weighted by Gasteiger charge is -2.35. The number of nitrogens with one attached hydrogen (secondary N) is 1. The fourth-order valence-electron chi connectivity index (χ4n) is 4.05. The van der Waals surface area contributed by atoms with Gasteiger partial charge in [-0.15, -0.1) is 11.3 Å². The Kier molecular flexibility index (Phi) is 6.26. The average molecular weight is 422 g/mol. The highest BCUT2D eigenvalue weighted by Gasteiger charge is 2.55. The zero-order valence-electron chi connectivity index (χ0n) is 17.1. The number of likely N-dealkylation sites (N-methyl/N-ethyl adjacent to an activating group) is 1. The molecular formula is C20H27N3O5S. The number of nitrogens with zero attached hydrogens (tertiary/aromatic N) is 2. The van der Waals surface area contributed by atoms with E-state index in [0.29, 0.717) is 29.8 Å². The molecule has 0 atom stereocenters. The van der Waals surface area contributed by atoms with Crippen molar-refractivity contribution in [2.45, 2.75) is 57.9 Å². The van der Waals surface area contributed by atoms with Crippen LogP contribution in [0.15, 0.2) is 6.07 Å². The van der Waals surface area contributed by atoms with E-state index in [1.807, 2.05) is 6.92 Å². The molecule has 29 heavy (non-hydrogen) atoms. The van der Waals surface area contributed by atoms with Crippen LogP contribution >= 0.6 is 11.3 Å². The number of urea groups is 1. The summed E-state index contributed by atoms with van der Waals surface area (Å²) in [5.74, 6) is -1.32. The summed E-state index contributed by atoms with van der Waals surface area (Å²) in [7, 11) is 1.63. The fraction of sp³-hybridized carbons (Fsp3) is 0.600. The van der Waals surface area contributed by atoms with E-state index in [4.69, 9.17) is 4.74 Å². The van der Waals surface area contributed by atoms with Crippen molar-refractivity contribution in [3.8, 4) is 0 Å². The minimum atomic E-state index is -0.815. The van der Waals surface area contributed by atoms with Gasteiger partial charge in [-0.2, -0.15) is 0 Å². The van der Waals surface area contributed by atoms with Crippen LogP contribution in [0.4, 0.5) is 9.80 Å². The summed E-state index contributed by atoms with van der Waals surface area (Å²) < 4.78 is 5.06. The van der Waals surface area contributed by atoms with Gasteiger partial charge in [0, 0.05) is 11.9 Å². The number of ether oxygens (including phenoxy) is 1. The van der Waals surface area contributed by atoms with Crippen LogP contribution in [0.1, 0.15) is 61.2 Å². The molecule has 158 valence electrons. The second-order valence-electron chi connectivity index (χ2n) is 7.40. The summed E-state index contributed by atoms with van der Waals surface area (Å²) >= 11 is 1.29. The molecule has 1 saturated heterocycles. The Morgan fingerprint density at radius 3 is 2.52 bits per heavy atom. The van der Waals surface area contributed by atoms with Gasteiger partial charge in [-0.3, -0.25) is 14.5 Å². The van der Waals surface area contributed by atoms with E-state index in [9.17, 15) is 19.2 Å². The highest BCUT2D eigenvalue weighted by atomic mass is 32.1. The molecule has 1 N–H and O–H groups in total. The zero-order valence-corrected chi connectivity index (χ0v) is 17.9. The predicted molar refractivity (Wildman–Crippen MR) is 109 cm³/mol. The Bertz CT molecular complexity index is 828. The Labute approximate surface area is 174 Å². The first-order chi connectivity index (χ1) is 13.8. The van der Waals surface area contributed by atoms with Crippen LogP contribution in [0.5, 0.6) is 0 Å². The third kappa shape index (κ3) is 3.88. The Hall–Kier alpha value is -2.42. The van der Waals surface area contributed by atoms with Crippen molar-refractivity contribution in [1.82, 2.24) is 9.80 Å². The van der Waals surface area contributed by atoms with Crippen molar-refractivity contribution in [2.24, 2.45) is 0 Å². The Morgan fingerprint density at radius 1 is 1.21 bits per heavy atom. The molecule has 1 aliphatic carbocycles. The second-order valence-corrected chi connectivity index (χ2v) is 8.54. The van der Waals surface area contributed by atoms with Crippen molar-refractivity contribution in [2.75, 3.05) is 25.5 Å². The molecule has 1 spiro atoms. The molecule has 4 amide bonds. The van der Waals surface area contributed by atoms with Crippen molar-refractivity contribution in [3.05, 3.63) is 16.5 Å². The molecule has 1 aliphatic heterocycles. The lowest BCUT2D eigenvalue weighted by molar-refractivity contribution is -0.136. The summed E-state index contributed by atoms with van der Waals surface area (Å²) in [5, 5.41) is 3.07. The van der Waals surface area contributed by atoms with Crippen LogP contribution in [-0.2, 0) is 20.7 Å².